The van der Waals surface area contributed by atoms with Crippen molar-refractivity contribution in [2.75, 3.05) is 6.54 Å². The van der Waals surface area contributed by atoms with E-state index in [0.29, 0.717) is 6.54 Å². The Hall–Kier alpha value is -0.840. The molecule has 0 bridgehead atoms. The first-order valence-corrected chi connectivity index (χ1v) is 6.99. The standard InChI is InChI=1S/C13H14BrNOS/c1-9-6-7-13(17-9)12(8-15)16-11-5-3-2-4-10(11)14/h2-7,12H,8,15H2,1H3. The van der Waals surface area contributed by atoms with Crippen LogP contribution in [-0.4, -0.2) is 6.54 Å². The molecular formula is C13H14BrNOS. The number of hydrogen-bond acceptors (Lipinski definition) is 3. The van der Waals surface area contributed by atoms with E-state index in [1.807, 2.05) is 24.3 Å². The maximum absolute atomic E-state index is 5.93. The first-order chi connectivity index (χ1) is 8.20. The fourth-order valence-electron chi connectivity index (χ4n) is 1.54. The van der Waals surface area contributed by atoms with E-state index in [9.17, 15) is 0 Å². The van der Waals surface area contributed by atoms with Crippen molar-refractivity contribution in [3.63, 3.8) is 0 Å². The molecule has 0 saturated heterocycles. The summed E-state index contributed by atoms with van der Waals surface area (Å²) in [5.41, 5.74) is 5.78. The molecule has 0 spiro atoms. The molecule has 0 aliphatic carbocycles. The quantitative estimate of drug-likeness (QED) is 0.929. The highest BCUT2D eigenvalue weighted by Gasteiger charge is 2.14. The van der Waals surface area contributed by atoms with Gasteiger partial charge in [-0.2, -0.15) is 0 Å². The molecule has 2 N–H and O–H groups in total. The summed E-state index contributed by atoms with van der Waals surface area (Å²) in [6.07, 6.45) is -0.0765. The van der Waals surface area contributed by atoms with Crippen molar-refractivity contribution in [1.29, 1.82) is 0 Å². The number of ether oxygens (including phenoxy) is 1. The largest absolute Gasteiger partial charge is 0.482 e. The van der Waals surface area contributed by atoms with Gasteiger partial charge in [-0.3, -0.25) is 0 Å². The van der Waals surface area contributed by atoms with Crippen molar-refractivity contribution < 1.29 is 4.74 Å². The first kappa shape index (κ1) is 12.6. The van der Waals surface area contributed by atoms with Gasteiger partial charge in [0.05, 0.1) is 4.47 Å². The van der Waals surface area contributed by atoms with E-state index >= 15 is 0 Å². The number of nitrogens with two attached hydrogens (primary N) is 1. The van der Waals surface area contributed by atoms with E-state index in [4.69, 9.17) is 10.5 Å². The zero-order valence-corrected chi connectivity index (χ0v) is 11.9. The van der Waals surface area contributed by atoms with Crippen molar-refractivity contribution in [2.45, 2.75) is 13.0 Å². The second kappa shape index (κ2) is 5.67. The summed E-state index contributed by atoms with van der Waals surface area (Å²) in [5.74, 6) is 0.828. The lowest BCUT2D eigenvalue weighted by molar-refractivity contribution is 0.216. The van der Waals surface area contributed by atoms with Crippen LogP contribution in [0.1, 0.15) is 15.9 Å². The summed E-state index contributed by atoms with van der Waals surface area (Å²) in [5, 5.41) is 0. The molecule has 1 heterocycles. The highest BCUT2D eigenvalue weighted by Crippen LogP contribution is 2.31. The van der Waals surface area contributed by atoms with E-state index in [1.54, 1.807) is 11.3 Å². The summed E-state index contributed by atoms with van der Waals surface area (Å²) in [7, 11) is 0. The number of benzene rings is 1. The smallest absolute Gasteiger partial charge is 0.145 e. The zero-order valence-electron chi connectivity index (χ0n) is 9.52. The maximum Gasteiger partial charge on any atom is 0.145 e. The van der Waals surface area contributed by atoms with Crippen LogP contribution >= 0.6 is 27.3 Å². The SMILES string of the molecule is Cc1ccc(C(CN)Oc2ccccc2Br)s1. The van der Waals surface area contributed by atoms with Crippen LogP contribution in [0.3, 0.4) is 0 Å². The molecule has 90 valence electrons. The molecule has 2 rings (SSSR count). The summed E-state index contributed by atoms with van der Waals surface area (Å²) < 4.78 is 6.88. The molecule has 0 radical (unpaired) electrons. The van der Waals surface area contributed by atoms with E-state index in [0.717, 1.165) is 10.2 Å². The van der Waals surface area contributed by atoms with Gasteiger partial charge in [-0.05, 0) is 47.1 Å². The van der Waals surface area contributed by atoms with E-state index < -0.39 is 0 Å². The van der Waals surface area contributed by atoms with Gasteiger partial charge in [0, 0.05) is 16.3 Å². The van der Waals surface area contributed by atoms with Crippen LogP contribution < -0.4 is 10.5 Å². The highest BCUT2D eigenvalue weighted by molar-refractivity contribution is 9.10. The van der Waals surface area contributed by atoms with Gasteiger partial charge >= 0.3 is 0 Å². The zero-order chi connectivity index (χ0) is 12.3. The Labute approximate surface area is 114 Å². The molecule has 0 fully saturated rings. The monoisotopic (exact) mass is 311 g/mol. The van der Waals surface area contributed by atoms with Gasteiger partial charge in [0.1, 0.15) is 11.9 Å². The lowest BCUT2D eigenvalue weighted by Crippen LogP contribution is -2.17. The molecule has 0 saturated carbocycles. The average molecular weight is 312 g/mol. The first-order valence-electron chi connectivity index (χ1n) is 5.38. The number of halogens is 1. The average Bonchev–Trinajstić information content (AvgIpc) is 2.75. The number of aryl methyl sites for hydroxylation is 1. The molecule has 17 heavy (non-hydrogen) atoms. The van der Waals surface area contributed by atoms with Crippen LogP contribution in [-0.2, 0) is 0 Å². The van der Waals surface area contributed by atoms with E-state index in [2.05, 4.69) is 35.0 Å². The Bertz CT molecular complexity index is 498. The lowest BCUT2D eigenvalue weighted by atomic mass is 10.3. The normalized spacial score (nSPS) is 12.4. The van der Waals surface area contributed by atoms with Crippen molar-refractivity contribution in [3.05, 3.63) is 50.6 Å². The van der Waals surface area contributed by atoms with Crippen molar-refractivity contribution in [3.8, 4) is 5.75 Å². The summed E-state index contributed by atoms with van der Waals surface area (Å²) in [4.78, 5) is 2.44. The van der Waals surface area contributed by atoms with Crippen LogP contribution in [0.15, 0.2) is 40.9 Å². The van der Waals surface area contributed by atoms with E-state index in [1.165, 1.54) is 9.75 Å². The molecule has 1 aromatic carbocycles. The third-order valence-corrected chi connectivity index (χ3v) is 4.15. The predicted octanol–water partition coefficient (Wildman–Crippen LogP) is 3.90. The van der Waals surface area contributed by atoms with E-state index in [-0.39, 0.29) is 6.10 Å². The Morgan fingerprint density at radius 3 is 2.65 bits per heavy atom. The topological polar surface area (TPSA) is 35.2 Å². The van der Waals surface area contributed by atoms with Gasteiger partial charge in [-0.25, -0.2) is 0 Å². The minimum absolute atomic E-state index is 0.0765. The Morgan fingerprint density at radius 1 is 1.29 bits per heavy atom. The second-order valence-electron chi connectivity index (χ2n) is 3.72. The van der Waals surface area contributed by atoms with Gasteiger partial charge in [0.2, 0.25) is 0 Å². The van der Waals surface area contributed by atoms with Crippen LogP contribution in [0.2, 0.25) is 0 Å². The third-order valence-electron chi connectivity index (χ3n) is 2.40. The Morgan fingerprint density at radius 2 is 2.06 bits per heavy atom. The Balaban J connectivity index is 2.18. The third kappa shape index (κ3) is 3.09. The van der Waals surface area contributed by atoms with Crippen LogP contribution in [0.4, 0.5) is 0 Å². The van der Waals surface area contributed by atoms with Gasteiger partial charge in [0.15, 0.2) is 0 Å². The molecule has 1 atom stereocenters. The molecule has 0 amide bonds. The fraction of sp³-hybridized carbons (Fsp3) is 0.231. The van der Waals surface area contributed by atoms with Crippen molar-refractivity contribution in [1.82, 2.24) is 0 Å². The Kier molecular flexibility index (Phi) is 4.20. The molecule has 1 unspecified atom stereocenters. The van der Waals surface area contributed by atoms with Gasteiger partial charge in [-0.1, -0.05) is 12.1 Å². The lowest BCUT2D eigenvalue weighted by Gasteiger charge is -2.17. The minimum Gasteiger partial charge on any atom is -0.482 e. The number of hydrogen-bond donors (Lipinski definition) is 1. The molecule has 4 heteroatoms. The maximum atomic E-state index is 5.93. The second-order valence-corrected chi connectivity index (χ2v) is 5.89. The van der Waals surface area contributed by atoms with Gasteiger partial charge in [0.25, 0.3) is 0 Å². The van der Waals surface area contributed by atoms with Crippen LogP contribution in [0.5, 0.6) is 5.75 Å². The number of para-hydroxylation sites is 1. The molecular weight excluding hydrogens is 298 g/mol. The molecule has 2 nitrogen and oxygen atoms in total. The van der Waals surface area contributed by atoms with Gasteiger partial charge in [-0.15, -0.1) is 11.3 Å². The fourth-order valence-corrected chi connectivity index (χ4v) is 2.84. The molecule has 1 aromatic heterocycles. The summed E-state index contributed by atoms with van der Waals surface area (Å²) in [6, 6.07) is 12.0. The summed E-state index contributed by atoms with van der Waals surface area (Å²) >= 11 is 5.19. The molecule has 2 aromatic rings. The van der Waals surface area contributed by atoms with Gasteiger partial charge < -0.3 is 10.5 Å². The molecule has 0 aliphatic rings. The minimum atomic E-state index is -0.0765. The summed E-state index contributed by atoms with van der Waals surface area (Å²) in [6.45, 7) is 2.56. The van der Waals surface area contributed by atoms with Crippen LogP contribution in [0.25, 0.3) is 0 Å². The number of thiophene rings is 1. The molecule has 0 aliphatic heterocycles. The number of rotatable bonds is 4. The predicted molar refractivity (Wildman–Crippen MR) is 75.6 cm³/mol. The highest BCUT2D eigenvalue weighted by atomic mass is 79.9. The van der Waals surface area contributed by atoms with Crippen LogP contribution in [0, 0.1) is 6.92 Å². The van der Waals surface area contributed by atoms with Crippen molar-refractivity contribution in [2.24, 2.45) is 5.73 Å². The van der Waals surface area contributed by atoms with Crippen molar-refractivity contribution >= 4 is 27.3 Å².